The molecular formula is C18H17ClFN5O2. The van der Waals surface area contributed by atoms with Crippen LogP contribution in [-0.4, -0.2) is 58.5 Å². The molecule has 0 unspecified atom stereocenters. The van der Waals surface area contributed by atoms with Gasteiger partial charge in [-0.15, -0.1) is 0 Å². The molecule has 1 aliphatic heterocycles. The Morgan fingerprint density at radius 2 is 1.96 bits per heavy atom. The Kier molecular flexibility index (Phi) is 4.57. The SMILES string of the molecule is COc1ccc(N2CCN(C(=O)c3nc4ccc(Cl)cn4c3F)CC2)cn1. The number of carbonyl (C=O) groups excluding carboxylic acids is 1. The van der Waals surface area contributed by atoms with Crippen molar-refractivity contribution in [2.45, 2.75) is 0 Å². The maximum atomic E-state index is 14.6. The molecular weight excluding hydrogens is 373 g/mol. The molecule has 0 radical (unpaired) electrons. The van der Waals surface area contributed by atoms with E-state index in [2.05, 4.69) is 14.9 Å². The van der Waals surface area contributed by atoms with E-state index >= 15 is 0 Å². The number of anilines is 1. The quantitative estimate of drug-likeness (QED) is 0.688. The van der Waals surface area contributed by atoms with Crippen molar-refractivity contribution in [2.24, 2.45) is 0 Å². The number of fused-ring (bicyclic) bond motifs is 1. The highest BCUT2D eigenvalue weighted by Crippen LogP contribution is 2.20. The number of hydrogen-bond donors (Lipinski definition) is 0. The molecule has 1 amide bonds. The first kappa shape index (κ1) is 17.5. The fraction of sp³-hybridized carbons (Fsp3) is 0.278. The summed E-state index contributed by atoms with van der Waals surface area (Å²) in [5.41, 5.74) is 1.12. The Bertz CT molecular complexity index is 983. The Morgan fingerprint density at radius 3 is 2.63 bits per heavy atom. The van der Waals surface area contributed by atoms with E-state index in [1.165, 1.54) is 10.6 Å². The first-order chi connectivity index (χ1) is 13.1. The van der Waals surface area contributed by atoms with Crippen molar-refractivity contribution in [3.05, 3.63) is 53.3 Å². The van der Waals surface area contributed by atoms with Crippen molar-refractivity contribution < 1.29 is 13.9 Å². The second-order valence-electron chi connectivity index (χ2n) is 6.16. The van der Waals surface area contributed by atoms with Gasteiger partial charge in [0.05, 0.1) is 24.0 Å². The van der Waals surface area contributed by atoms with Crippen molar-refractivity contribution in [2.75, 3.05) is 38.2 Å². The van der Waals surface area contributed by atoms with Crippen molar-refractivity contribution in [3.63, 3.8) is 0 Å². The summed E-state index contributed by atoms with van der Waals surface area (Å²) in [5, 5.41) is 0.375. The monoisotopic (exact) mass is 389 g/mol. The number of halogens is 2. The molecule has 1 aliphatic rings. The minimum atomic E-state index is -0.695. The van der Waals surface area contributed by atoms with Gasteiger partial charge in [0.25, 0.3) is 5.91 Å². The molecule has 0 aliphatic carbocycles. The normalized spacial score (nSPS) is 14.6. The number of aromatic nitrogens is 3. The van der Waals surface area contributed by atoms with Crippen LogP contribution >= 0.6 is 11.6 Å². The molecule has 4 heterocycles. The lowest BCUT2D eigenvalue weighted by atomic mass is 10.2. The van der Waals surface area contributed by atoms with E-state index in [0.29, 0.717) is 42.7 Å². The Labute approximate surface area is 159 Å². The largest absolute Gasteiger partial charge is 0.481 e. The smallest absolute Gasteiger partial charge is 0.277 e. The standard InChI is InChI=1S/C18H17ClFN5O2/c1-27-15-5-3-13(10-21-15)23-6-8-24(9-7-23)18(26)16-17(20)25-11-12(19)2-4-14(25)22-16/h2-5,10-11H,6-9H2,1H3. The van der Waals surface area contributed by atoms with Gasteiger partial charge in [-0.1, -0.05) is 11.6 Å². The number of nitrogens with zero attached hydrogens (tertiary/aromatic N) is 5. The minimum absolute atomic E-state index is 0.183. The van der Waals surface area contributed by atoms with Crippen LogP contribution in [0.5, 0.6) is 5.88 Å². The molecule has 0 bridgehead atoms. The van der Waals surface area contributed by atoms with Crippen LogP contribution < -0.4 is 9.64 Å². The summed E-state index contributed by atoms with van der Waals surface area (Å²) in [6.45, 7) is 2.19. The van der Waals surface area contributed by atoms with Crippen LogP contribution in [0.25, 0.3) is 5.65 Å². The zero-order valence-electron chi connectivity index (χ0n) is 14.6. The molecule has 0 saturated carbocycles. The number of pyridine rings is 2. The van der Waals surface area contributed by atoms with Crippen molar-refractivity contribution >= 4 is 28.8 Å². The molecule has 3 aromatic heterocycles. The summed E-state index contributed by atoms with van der Waals surface area (Å²) < 4.78 is 20.8. The van der Waals surface area contributed by atoms with Crippen molar-refractivity contribution in [1.29, 1.82) is 0 Å². The first-order valence-corrected chi connectivity index (χ1v) is 8.82. The van der Waals surface area contributed by atoms with Crippen LogP contribution in [0.3, 0.4) is 0 Å². The van der Waals surface area contributed by atoms with Gasteiger partial charge in [-0.2, -0.15) is 4.39 Å². The minimum Gasteiger partial charge on any atom is -0.481 e. The zero-order chi connectivity index (χ0) is 19.0. The second-order valence-corrected chi connectivity index (χ2v) is 6.60. The summed E-state index contributed by atoms with van der Waals surface area (Å²) in [7, 11) is 1.57. The van der Waals surface area contributed by atoms with E-state index in [1.807, 2.05) is 6.07 Å². The number of hydrogen-bond acceptors (Lipinski definition) is 5. The van der Waals surface area contributed by atoms with E-state index in [-0.39, 0.29) is 5.69 Å². The molecule has 4 rings (SSSR count). The number of ether oxygens (including phenoxy) is 1. The second kappa shape index (κ2) is 7.03. The number of amides is 1. The molecule has 1 saturated heterocycles. The maximum absolute atomic E-state index is 14.6. The van der Waals surface area contributed by atoms with Crippen LogP contribution in [0.2, 0.25) is 5.02 Å². The molecule has 0 N–H and O–H groups in total. The lowest BCUT2D eigenvalue weighted by Gasteiger charge is -2.35. The fourth-order valence-electron chi connectivity index (χ4n) is 3.12. The highest BCUT2D eigenvalue weighted by molar-refractivity contribution is 6.30. The average Bonchev–Trinajstić information content (AvgIpc) is 3.04. The molecule has 0 atom stereocenters. The van der Waals surface area contributed by atoms with Gasteiger partial charge in [0, 0.05) is 38.4 Å². The maximum Gasteiger partial charge on any atom is 0.277 e. The Hall–Kier alpha value is -2.87. The molecule has 3 aromatic rings. The van der Waals surface area contributed by atoms with E-state index in [1.54, 1.807) is 36.4 Å². The number of carbonyl (C=O) groups is 1. The molecule has 9 heteroatoms. The number of piperazine rings is 1. The Balaban J connectivity index is 1.47. The van der Waals surface area contributed by atoms with E-state index in [9.17, 15) is 9.18 Å². The molecule has 0 spiro atoms. The highest BCUT2D eigenvalue weighted by atomic mass is 35.5. The van der Waals surface area contributed by atoms with Crippen molar-refractivity contribution in [1.82, 2.24) is 19.3 Å². The summed E-state index contributed by atoms with van der Waals surface area (Å²) >= 11 is 5.89. The lowest BCUT2D eigenvalue weighted by molar-refractivity contribution is 0.0736. The Morgan fingerprint density at radius 1 is 1.19 bits per heavy atom. The topological polar surface area (TPSA) is 63.0 Å². The van der Waals surface area contributed by atoms with Gasteiger partial charge in [-0.3, -0.25) is 9.20 Å². The first-order valence-electron chi connectivity index (χ1n) is 8.44. The van der Waals surface area contributed by atoms with E-state index in [0.717, 1.165) is 5.69 Å². The number of imidazole rings is 1. The van der Waals surface area contributed by atoms with Crippen molar-refractivity contribution in [3.8, 4) is 5.88 Å². The van der Waals surface area contributed by atoms with Gasteiger partial charge < -0.3 is 14.5 Å². The molecule has 7 nitrogen and oxygen atoms in total. The third-order valence-electron chi connectivity index (χ3n) is 4.59. The van der Waals surface area contributed by atoms with Gasteiger partial charge in [0.1, 0.15) is 5.65 Å². The van der Waals surface area contributed by atoms with Crippen LogP contribution in [-0.2, 0) is 0 Å². The van der Waals surface area contributed by atoms with E-state index < -0.39 is 11.9 Å². The van der Waals surface area contributed by atoms with Gasteiger partial charge >= 0.3 is 0 Å². The summed E-state index contributed by atoms with van der Waals surface area (Å²) in [6, 6.07) is 6.91. The van der Waals surface area contributed by atoms with Crippen LogP contribution in [0.4, 0.5) is 10.1 Å². The van der Waals surface area contributed by atoms with E-state index in [4.69, 9.17) is 16.3 Å². The zero-order valence-corrected chi connectivity index (χ0v) is 15.4. The van der Waals surface area contributed by atoms with Crippen LogP contribution in [0.15, 0.2) is 36.7 Å². The average molecular weight is 390 g/mol. The molecule has 0 aromatic carbocycles. The fourth-order valence-corrected chi connectivity index (χ4v) is 3.28. The summed E-state index contributed by atoms with van der Waals surface area (Å²) in [5.74, 6) is -0.561. The van der Waals surface area contributed by atoms with Gasteiger partial charge in [-0.05, 0) is 18.2 Å². The molecule has 27 heavy (non-hydrogen) atoms. The van der Waals surface area contributed by atoms with Gasteiger partial charge in [0.15, 0.2) is 5.69 Å². The van der Waals surface area contributed by atoms with Crippen LogP contribution in [0, 0.1) is 5.95 Å². The molecule has 1 fully saturated rings. The third-order valence-corrected chi connectivity index (χ3v) is 4.81. The third kappa shape index (κ3) is 3.28. The number of methoxy groups -OCH3 is 1. The summed E-state index contributed by atoms with van der Waals surface area (Å²) in [6.07, 6.45) is 3.15. The van der Waals surface area contributed by atoms with Crippen LogP contribution in [0.1, 0.15) is 10.5 Å². The predicted octanol–water partition coefficient (Wildman–Crippen LogP) is 2.49. The number of rotatable bonds is 3. The van der Waals surface area contributed by atoms with Gasteiger partial charge in [-0.25, -0.2) is 9.97 Å². The predicted molar refractivity (Wildman–Crippen MR) is 99.1 cm³/mol. The highest BCUT2D eigenvalue weighted by Gasteiger charge is 2.27. The lowest BCUT2D eigenvalue weighted by Crippen LogP contribution is -2.49. The summed E-state index contributed by atoms with van der Waals surface area (Å²) in [4.78, 5) is 24.8. The molecule has 140 valence electrons. The van der Waals surface area contributed by atoms with Gasteiger partial charge in [0.2, 0.25) is 11.8 Å².